The molecule has 2 aromatic rings. The fourth-order valence-electron chi connectivity index (χ4n) is 1.69. The normalized spacial score (nSPS) is 11.1. The molecule has 0 unspecified atom stereocenters. The van der Waals surface area contributed by atoms with E-state index in [9.17, 15) is 16.0 Å². The number of carboxylic acids is 1. The molecule has 0 aliphatic heterocycles. The number of aromatic carboxylic acids is 1. The Labute approximate surface area is 119 Å². The van der Waals surface area contributed by atoms with Crippen molar-refractivity contribution in [1.82, 2.24) is 0 Å². The van der Waals surface area contributed by atoms with Gasteiger partial charge in [-0.15, -0.1) is 0 Å². The lowest BCUT2D eigenvalue weighted by Gasteiger charge is -2.07. The quantitative estimate of drug-likeness (QED) is 0.769. The fraction of sp³-hybridized carbons (Fsp3) is 0. The van der Waals surface area contributed by atoms with E-state index in [1.54, 1.807) is 12.1 Å². The Bertz CT molecular complexity index is 729. The van der Waals surface area contributed by atoms with Gasteiger partial charge in [0.05, 0.1) is 10.6 Å². The second kappa shape index (κ2) is 4.99. The molecule has 0 saturated carbocycles. The van der Waals surface area contributed by atoms with Crippen LogP contribution in [0.1, 0.15) is 10.4 Å². The van der Waals surface area contributed by atoms with Crippen LogP contribution in [-0.2, 0) is 6.14 Å². The van der Waals surface area contributed by atoms with E-state index < -0.39 is 25.8 Å². The summed E-state index contributed by atoms with van der Waals surface area (Å²) >= 11 is 7.76. The maximum atomic E-state index is 11.2. The molecule has 2 aromatic carbocycles. The van der Waals surface area contributed by atoms with Crippen LogP contribution in [0, 0.1) is 3.57 Å². The van der Waals surface area contributed by atoms with Crippen LogP contribution < -0.4 is 0 Å². The number of carbonyl (C=O) groups is 1. The molecule has 0 saturated heterocycles. The van der Waals surface area contributed by atoms with E-state index in [0.29, 0.717) is 10.4 Å². The number of rotatable bonds is 2. The Morgan fingerprint density at radius 1 is 1.11 bits per heavy atom. The third-order valence-corrected chi connectivity index (χ3v) is 5.34. The molecular formula is C11H5Cl2IO4. The van der Waals surface area contributed by atoms with Gasteiger partial charge in [0.15, 0.2) is 0 Å². The minimum absolute atomic E-state index is 0.108. The standard InChI is InChI=1S/C11H5Cl2IO4/c12-7-3-1-2-5-6(7)4-8(13)10(14(17)18)9(5)11(15)16/h1-4H,(H,15,16). The van der Waals surface area contributed by atoms with Gasteiger partial charge >= 0.3 is 25.8 Å². The molecule has 18 heavy (non-hydrogen) atoms. The van der Waals surface area contributed by atoms with Gasteiger partial charge in [0.2, 0.25) is 0 Å². The van der Waals surface area contributed by atoms with Crippen molar-refractivity contribution >= 4 is 59.7 Å². The molecular weight excluding hydrogens is 394 g/mol. The minimum atomic E-state index is -4.02. The van der Waals surface area contributed by atoms with E-state index >= 15 is 0 Å². The number of halogens is 3. The van der Waals surface area contributed by atoms with E-state index in [1.165, 1.54) is 12.1 Å². The number of hydrogen-bond donors (Lipinski definition) is 1. The van der Waals surface area contributed by atoms with Crippen molar-refractivity contribution in [3.8, 4) is 0 Å². The second-order valence-electron chi connectivity index (χ2n) is 3.40. The molecule has 0 aromatic heterocycles. The highest BCUT2D eigenvalue weighted by atomic mass is 127. The molecule has 2 rings (SSSR count). The van der Waals surface area contributed by atoms with Crippen molar-refractivity contribution in [2.75, 3.05) is 0 Å². The fourth-order valence-corrected chi connectivity index (χ4v) is 4.05. The van der Waals surface area contributed by atoms with Crippen LogP contribution in [0.15, 0.2) is 24.3 Å². The summed E-state index contributed by atoms with van der Waals surface area (Å²) in [6, 6.07) is 6.02. The first kappa shape index (κ1) is 13.5. The number of carboxylic acid groups (broad SMARTS) is 1. The molecule has 0 aliphatic carbocycles. The lowest BCUT2D eigenvalue weighted by Crippen LogP contribution is -2.02. The van der Waals surface area contributed by atoms with Crippen LogP contribution in [0.4, 0.5) is 0 Å². The molecule has 1 N–H and O–H groups in total. The van der Waals surface area contributed by atoms with E-state index in [1.807, 2.05) is 0 Å². The molecule has 0 amide bonds. The van der Waals surface area contributed by atoms with E-state index in [0.717, 1.165) is 0 Å². The summed E-state index contributed by atoms with van der Waals surface area (Å²) in [6.07, 6.45) is 0. The zero-order chi connectivity index (χ0) is 13.4. The first-order valence-electron chi connectivity index (χ1n) is 4.62. The second-order valence-corrected chi connectivity index (χ2v) is 6.54. The first-order chi connectivity index (χ1) is 8.43. The van der Waals surface area contributed by atoms with Gasteiger partial charge in [-0.05, 0) is 17.5 Å². The van der Waals surface area contributed by atoms with Crippen molar-refractivity contribution in [3.63, 3.8) is 0 Å². The van der Waals surface area contributed by atoms with E-state index in [4.69, 9.17) is 23.2 Å². The Morgan fingerprint density at radius 3 is 2.33 bits per heavy atom. The van der Waals surface area contributed by atoms with Crippen molar-refractivity contribution in [3.05, 3.63) is 43.4 Å². The lowest BCUT2D eigenvalue weighted by molar-refractivity contribution is 0.0698. The third kappa shape index (κ3) is 2.17. The molecule has 7 heteroatoms. The van der Waals surface area contributed by atoms with E-state index in [-0.39, 0.29) is 19.5 Å². The molecule has 0 heterocycles. The minimum Gasteiger partial charge on any atom is -0.478 e. The van der Waals surface area contributed by atoms with Gasteiger partial charge in [0, 0.05) is 10.4 Å². The van der Waals surface area contributed by atoms with Gasteiger partial charge in [-0.25, -0.2) is 10.9 Å². The van der Waals surface area contributed by atoms with Crippen molar-refractivity contribution in [2.45, 2.75) is 0 Å². The van der Waals surface area contributed by atoms with Crippen LogP contribution in [0.25, 0.3) is 10.8 Å². The molecule has 0 bridgehead atoms. The van der Waals surface area contributed by atoms with Gasteiger partial charge in [-0.1, -0.05) is 35.3 Å². The molecule has 0 atom stereocenters. The maximum Gasteiger partial charge on any atom is 0.343 e. The highest BCUT2D eigenvalue weighted by molar-refractivity contribution is 14.2. The van der Waals surface area contributed by atoms with E-state index in [2.05, 4.69) is 0 Å². The maximum absolute atomic E-state index is 11.2. The molecule has 0 spiro atoms. The lowest BCUT2D eigenvalue weighted by atomic mass is 10.0. The average molecular weight is 399 g/mol. The van der Waals surface area contributed by atoms with Gasteiger partial charge in [0.1, 0.15) is 3.57 Å². The van der Waals surface area contributed by atoms with Crippen molar-refractivity contribution in [1.29, 1.82) is 0 Å². The monoisotopic (exact) mass is 398 g/mol. The van der Waals surface area contributed by atoms with Gasteiger partial charge in [-0.3, -0.25) is 0 Å². The predicted molar refractivity (Wildman–Crippen MR) is 75.0 cm³/mol. The summed E-state index contributed by atoms with van der Waals surface area (Å²) in [5.41, 5.74) is -0.310. The molecule has 0 aliphatic rings. The number of fused-ring (bicyclic) bond motifs is 1. The molecule has 4 nitrogen and oxygen atoms in total. The topological polar surface area (TPSA) is 71.4 Å². The molecule has 0 fully saturated rings. The summed E-state index contributed by atoms with van der Waals surface area (Å²) in [7, 11) is 0. The van der Waals surface area contributed by atoms with Crippen molar-refractivity contribution < 1.29 is 16.0 Å². The van der Waals surface area contributed by atoms with Gasteiger partial charge < -0.3 is 5.11 Å². The number of hydrogen-bond acceptors (Lipinski definition) is 3. The first-order valence-corrected chi connectivity index (χ1v) is 8.22. The Balaban J connectivity index is 3.09. The zero-order valence-corrected chi connectivity index (χ0v) is 12.3. The highest BCUT2D eigenvalue weighted by Gasteiger charge is 2.22. The highest BCUT2D eigenvalue weighted by Crippen LogP contribution is 2.37. The Kier molecular flexibility index (Phi) is 3.74. The number of benzene rings is 2. The molecule has 94 valence electrons. The summed E-state index contributed by atoms with van der Waals surface area (Å²) in [5, 5.41) is 10.1. The summed E-state index contributed by atoms with van der Waals surface area (Å²) in [4.78, 5) is 11.2. The predicted octanol–water partition coefficient (Wildman–Crippen LogP) is 4.21. The largest absolute Gasteiger partial charge is 0.478 e. The van der Waals surface area contributed by atoms with Gasteiger partial charge in [0.25, 0.3) is 0 Å². The third-order valence-electron chi connectivity index (χ3n) is 2.39. The van der Waals surface area contributed by atoms with Crippen LogP contribution in [0.3, 0.4) is 0 Å². The van der Waals surface area contributed by atoms with Crippen LogP contribution >= 0.6 is 43.0 Å². The van der Waals surface area contributed by atoms with Crippen LogP contribution in [-0.4, -0.2) is 11.1 Å². The smallest absolute Gasteiger partial charge is 0.343 e. The Hall–Kier alpha value is -0.920. The van der Waals surface area contributed by atoms with Crippen LogP contribution in [0.5, 0.6) is 0 Å². The Morgan fingerprint density at radius 2 is 1.78 bits per heavy atom. The molecule has 0 radical (unpaired) electrons. The summed E-state index contributed by atoms with van der Waals surface area (Å²) in [6.45, 7) is 0. The van der Waals surface area contributed by atoms with Crippen LogP contribution in [0.2, 0.25) is 10.0 Å². The summed E-state index contributed by atoms with van der Waals surface area (Å²) < 4.78 is 22.1. The summed E-state index contributed by atoms with van der Waals surface area (Å²) in [5.74, 6) is -1.34. The SMILES string of the molecule is O=C(O)c1c(I(=O)=O)c(Cl)cc2c(Cl)cccc12. The average Bonchev–Trinajstić information content (AvgIpc) is 2.28. The van der Waals surface area contributed by atoms with Crippen molar-refractivity contribution in [2.24, 2.45) is 0 Å². The zero-order valence-electron chi connectivity index (χ0n) is 8.62. The van der Waals surface area contributed by atoms with Gasteiger partial charge in [-0.2, -0.15) is 0 Å².